The molecule has 0 amide bonds. The van der Waals surface area contributed by atoms with Crippen molar-refractivity contribution in [2.24, 2.45) is 5.73 Å². The molecular formula is C14H21NO. The molecule has 0 aliphatic heterocycles. The van der Waals surface area contributed by atoms with Gasteiger partial charge in [-0.05, 0) is 36.8 Å². The van der Waals surface area contributed by atoms with Gasteiger partial charge in [0, 0.05) is 11.1 Å². The Hall–Kier alpha value is -1.02. The number of ether oxygens (including phenoxy) is 1. The molecule has 16 heavy (non-hydrogen) atoms. The Balaban J connectivity index is 2.61. The summed E-state index contributed by atoms with van der Waals surface area (Å²) in [7, 11) is 1.75. The summed E-state index contributed by atoms with van der Waals surface area (Å²) >= 11 is 0. The van der Waals surface area contributed by atoms with Gasteiger partial charge in [-0.15, -0.1) is 0 Å². The third-order valence-electron chi connectivity index (χ3n) is 3.51. The lowest BCUT2D eigenvalue weighted by atomic mass is 9.91. The van der Waals surface area contributed by atoms with E-state index in [-0.39, 0.29) is 5.54 Å². The largest absolute Gasteiger partial charge is 0.496 e. The molecule has 0 saturated heterocycles. The fourth-order valence-corrected chi connectivity index (χ4v) is 2.38. The van der Waals surface area contributed by atoms with Crippen molar-refractivity contribution in [3.8, 4) is 5.75 Å². The van der Waals surface area contributed by atoms with Gasteiger partial charge in [0.25, 0.3) is 0 Å². The Morgan fingerprint density at radius 3 is 2.38 bits per heavy atom. The zero-order valence-electron chi connectivity index (χ0n) is 10.6. The van der Waals surface area contributed by atoms with Crippen LogP contribution in [-0.4, -0.2) is 7.11 Å². The number of hydrogen-bond acceptors (Lipinski definition) is 2. The Morgan fingerprint density at radius 2 is 1.94 bits per heavy atom. The normalized spacial score (nSPS) is 17.6. The van der Waals surface area contributed by atoms with E-state index in [0.717, 1.165) is 18.6 Å². The minimum atomic E-state index is -0.125. The van der Waals surface area contributed by atoms with E-state index in [4.69, 9.17) is 10.5 Å². The first-order chi connectivity index (χ1) is 7.49. The summed E-state index contributed by atoms with van der Waals surface area (Å²) in [6.45, 7) is 6.50. The highest BCUT2D eigenvalue weighted by Crippen LogP contribution is 2.49. The lowest BCUT2D eigenvalue weighted by Crippen LogP contribution is -2.21. The second-order valence-corrected chi connectivity index (χ2v) is 5.19. The number of hydrogen-bond donors (Lipinski definition) is 1. The lowest BCUT2D eigenvalue weighted by Gasteiger charge is -2.21. The summed E-state index contributed by atoms with van der Waals surface area (Å²) in [6, 6.07) is 4.33. The number of rotatable bonds is 3. The molecule has 2 N–H and O–H groups in total. The Labute approximate surface area is 97.8 Å². The standard InChI is InChI=1S/C14H21NO/c1-9(2)11-6-5-10(3)12(13(11)16-4)14(15)7-8-14/h5-6,9H,7-8,15H2,1-4H3. The number of benzene rings is 1. The predicted octanol–water partition coefficient (Wildman–Crippen LogP) is 3.07. The third-order valence-corrected chi connectivity index (χ3v) is 3.51. The number of methoxy groups -OCH3 is 1. The van der Waals surface area contributed by atoms with Crippen LogP contribution in [0.5, 0.6) is 5.75 Å². The van der Waals surface area contributed by atoms with Gasteiger partial charge in [-0.2, -0.15) is 0 Å². The van der Waals surface area contributed by atoms with E-state index in [1.54, 1.807) is 7.11 Å². The highest BCUT2D eigenvalue weighted by atomic mass is 16.5. The minimum absolute atomic E-state index is 0.125. The van der Waals surface area contributed by atoms with E-state index >= 15 is 0 Å². The van der Waals surface area contributed by atoms with Crippen molar-refractivity contribution in [3.05, 3.63) is 28.8 Å². The van der Waals surface area contributed by atoms with Crippen LogP contribution >= 0.6 is 0 Å². The van der Waals surface area contributed by atoms with E-state index in [9.17, 15) is 0 Å². The molecule has 88 valence electrons. The quantitative estimate of drug-likeness (QED) is 0.848. The zero-order chi connectivity index (χ0) is 11.9. The zero-order valence-corrected chi connectivity index (χ0v) is 10.6. The van der Waals surface area contributed by atoms with Gasteiger partial charge >= 0.3 is 0 Å². The molecule has 0 bridgehead atoms. The van der Waals surface area contributed by atoms with Gasteiger partial charge in [0.1, 0.15) is 5.75 Å². The predicted molar refractivity (Wildman–Crippen MR) is 66.9 cm³/mol. The van der Waals surface area contributed by atoms with Crippen LogP contribution in [0.3, 0.4) is 0 Å². The van der Waals surface area contributed by atoms with Gasteiger partial charge in [0.15, 0.2) is 0 Å². The van der Waals surface area contributed by atoms with Gasteiger partial charge in [-0.1, -0.05) is 26.0 Å². The maximum Gasteiger partial charge on any atom is 0.127 e. The maximum absolute atomic E-state index is 6.33. The van der Waals surface area contributed by atoms with E-state index < -0.39 is 0 Å². The average Bonchev–Trinajstić information content (AvgIpc) is 2.95. The first-order valence-electron chi connectivity index (χ1n) is 5.96. The van der Waals surface area contributed by atoms with Crippen LogP contribution < -0.4 is 10.5 Å². The lowest BCUT2D eigenvalue weighted by molar-refractivity contribution is 0.396. The van der Waals surface area contributed by atoms with E-state index in [1.807, 2.05) is 0 Å². The molecule has 1 saturated carbocycles. The van der Waals surface area contributed by atoms with Gasteiger partial charge in [-0.3, -0.25) is 0 Å². The minimum Gasteiger partial charge on any atom is -0.496 e. The van der Waals surface area contributed by atoms with Gasteiger partial charge in [0.2, 0.25) is 0 Å². The van der Waals surface area contributed by atoms with Crippen LogP contribution in [0.1, 0.15) is 49.3 Å². The molecule has 0 spiro atoms. The van der Waals surface area contributed by atoms with E-state index in [1.165, 1.54) is 16.7 Å². The molecule has 1 aliphatic rings. The Kier molecular flexibility index (Phi) is 2.70. The Bertz CT molecular complexity index is 405. The van der Waals surface area contributed by atoms with Crippen LogP contribution in [0, 0.1) is 6.92 Å². The number of nitrogens with two attached hydrogens (primary N) is 1. The highest BCUT2D eigenvalue weighted by molar-refractivity contribution is 5.53. The summed E-state index contributed by atoms with van der Waals surface area (Å²) in [5.74, 6) is 1.48. The van der Waals surface area contributed by atoms with Crippen molar-refractivity contribution in [1.29, 1.82) is 0 Å². The van der Waals surface area contributed by atoms with Gasteiger partial charge < -0.3 is 10.5 Å². The molecule has 2 nitrogen and oxygen atoms in total. The molecule has 1 aliphatic carbocycles. The van der Waals surface area contributed by atoms with Crippen molar-refractivity contribution in [1.82, 2.24) is 0 Å². The molecule has 0 atom stereocenters. The topological polar surface area (TPSA) is 35.2 Å². The molecular weight excluding hydrogens is 198 g/mol. The average molecular weight is 219 g/mol. The van der Waals surface area contributed by atoms with Gasteiger partial charge in [0.05, 0.1) is 7.11 Å². The molecule has 1 aromatic carbocycles. The monoisotopic (exact) mass is 219 g/mol. The van der Waals surface area contributed by atoms with Crippen molar-refractivity contribution in [2.75, 3.05) is 7.11 Å². The SMILES string of the molecule is COc1c(C(C)C)ccc(C)c1C1(N)CC1. The van der Waals surface area contributed by atoms with Crippen molar-refractivity contribution in [3.63, 3.8) is 0 Å². The second-order valence-electron chi connectivity index (χ2n) is 5.19. The summed E-state index contributed by atoms with van der Waals surface area (Å²) in [6.07, 6.45) is 2.15. The van der Waals surface area contributed by atoms with Crippen LogP contribution in [0.4, 0.5) is 0 Å². The van der Waals surface area contributed by atoms with Gasteiger partial charge in [-0.25, -0.2) is 0 Å². The second kappa shape index (κ2) is 3.77. The van der Waals surface area contributed by atoms with Crippen molar-refractivity contribution >= 4 is 0 Å². The number of aryl methyl sites for hydroxylation is 1. The molecule has 0 aromatic heterocycles. The van der Waals surface area contributed by atoms with Crippen molar-refractivity contribution in [2.45, 2.75) is 45.1 Å². The fourth-order valence-electron chi connectivity index (χ4n) is 2.38. The summed E-state index contributed by atoms with van der Waals surface area (Å²) < 4.78 is 5.61. The fraction of sp³-hybridized carbons (Fsp3) is 0.571. The van der Waals surface area contributed by atoms with Crippen LogP contribution in [0.25, 0.3) is 0 Å². The Morgan fingerprint density at radius 1 is 1.31 bits per heavy atom. The molecule has 0 heterocycles. The summed E-state index contributed by atoms with van der Waals surface area (Å²) in [5, 5.41) is 0. The molecule has 2 heteroatoms. The smallest absolute Gasteiger partial charge is 0.127 e. The van der Waals surface area contributed by atoms with E-state index in [0.29, 0.717) is 5.92 Å². The summed E-state index contributed by atoms with van der Waals surface area (Å²) in [5.41, 5.74) is 9.95. The highest BCUT2D eigenvalue weighted by Gasteiger charge is 2.43. The molecule has 1 aromatic rings. The summed E-state index contributed by atoms with van der Waals surface area (Å²) in [4.78, 5) is 0. The van der Waals surface area contributed by atoms with E-state index in [2.05, 4.69) is 32.9 Å². The first kappa shape index (κ1) is 11.5. The maximum atomic E-state index is 6.33. The molecule has 0 unspecified atom stereocenters. The molecule has 2 rings (SSSR count). The van der Waals surface area contributed by atoms with Crippen molar-refractivity contribution < 1.29 is 4.74 Å². The first-order valence-corrected chi connectivity index (χ1v) is 5.96. The molecule has 0 radical (unpaired) electrons. The molecule has 1 fully saturated rings. The van der Waals surface area contributed by atoms with Crippen LogP contribution in [-0.2, 0) is 5.54 Å². The van der Waals surface area contributed by atoms with Crippen LogP contribution in [0.15, 0.2) is 12.1 Å². The third kappa shape index (κ3) is 1.71. The van der Waals surface area contributed by atoms with Crippen LogP contribution in [0.2, 0.25) is 0 Å².